The maximum Gasteiger partial charge on any atom is 0.409 e. The van der Waals surface area contributed by atoms with E-state index in [1.54, 1.807) is 28.8 Å². The molecule has 2 fully saturated rings. The summed E-state index contributed by atoms with van der Waals surface area (Å²) in [7, 11) is 0. The number of piperazine rings is 1. The van der Waals surface area contributed by atoms with Crippen LogP contribution < -0.4 is 15.8 Å². The summed E-state index contributed by atoms with van der Waals surface area (Å²) in [6.07, 6.45) is 7.08. The summed E-state index contributed by atoms with van der Waals surface area (Å²) in [4.78, 5) is 55.7. The number of hydrogen-bond donors (Lipinski definition) is 1. The number of hydrogen-bond acceptors (Lipinski definition) is 9. The lowest BCUT2D eigenvalue weighted by Crippen LogP contribution is -2.49. The SMILES string of the molecule is CC(=O)c1c(C)c2cnc(Nc3ccc(N4CCN(C(=O)OCC(C)C)CC4)cn3)nc2n(C2CCCC2)c1=O. The van der Waals surface area contributed by atoms with E-state index in [1.807, 2.05) is 26.0 Å². The molecule has 1 N–H and O–H groups in total. The normalized spacial score (nSPS) is 16.1. The lowest BCUT2D eigenvalue weighted by atomic mass is 10.0. The first-order valence-corrected chi connectivity index (χ1v) is 14.1. The average molecular weight is 548 g/mol. The zero-order chi connectivity index (χ0) is 28.4. The molecule has 0 bridgehead atoms. The molecule has 0 atom stereocenters. The molecule has 1 amide bonds. The van der Waals surface area contributed by atoms with Crippen LogP contribution in [-0.4, -0.2) is 69.1 Å². The van der Waals surface area contributed by atoms with Crippen molar-refractivity contribution in [1.29, 1.82) is 0 Å². The summed E-state index contributed by atoms with van der Waals surface area (Å²) in [5.74, 6) is 0.979. The van der Waals surface area contributed by atoms with Crippen LogP contribution in [0.4, 0.5) is 22.2 Å². The number of carbonyl (C=O) groups excluding carboxylic acids is 2. The van der Waals surface area contributed by atoms with Crippen LogP contribution in [0.15, 0.2) is 29.3 Å². The first-order chi connectivity index (χ1) is 19.2. The van der Waals surface area contributed by atoms with Crippen molar-refractivity contribution < 1.29 is 14.3 Å². The van der Waals surface area contributed by atoms with Gasteiger partial charge >= 0.3 is 6.09 Å². The summed E-state index contributed by atoms with van der Waals surface area (Å²) >= 11 is 0. The summed E-state index contributed by atoms with van der Waals surface area (Å²) < 4.78 is 7.05. The Morgan fingerprint density at radius 3 is 2.42 bits per heavy atom. The zero-order valence-corrected chi connectivity index (χ0v) is 23.6. The van der Waals surface area contributed by atoms with Gasteiger partial charge in [0, 0.05) is 43.8 Å². The number of ether oxygens (including phenoxy) is 1. The van der Waals surface area contributed by atoms with Gasteiger partial charge in [0.15, 0.2) is 5.78 Å². The molecule has 0 unspecified atom stereocenters. The molecular formula is C29H37N7O4. The van der Waals surface area contributed by atoms with Crippen LogP contribution in [0.2, 0.25) is 0 Å². The van der Waals surface area contributed by atoms with E-state index in [0.29, 0.717) is 67.1 Å². The van der Waals surface area contributed by atoms with E-state index >= 15 is 0 Å². The lowest BCUT2D eigenvalue weighted by molar-refractivity contribution is 0.0901. The van der Waals surface area contributed by atoms with Crippen LogP contribution in [0.25, 0.3) is 11.0 Å². The van der Waals surface area contributed by atoms with E-state index in [1.165, 1.54) is 6.92 Å². The van der Waals surface area contributed by atoms with Crippen molar-refractivity contribution in [3.63, 3.8) is 0 Å². The van der Waals surface area contributed by atoms with Crippen LogP contribution in [0, 0.1) is 12.8 Å². The summed E-state index contributed by atoms with van der Waals surface area (Å²) in [5, 5.41) is 3.87. The number of carbonyl (C=O) groups is 2. The van der Waals surface area contributed by atoms with Gasteiger partial charge in [0.05, 0.1) is 24.1 Å². The molecule has 0 radical (unpaired) electrons. The number of pyridine rings is 2. The molecule has 212 valence electrons. The van der Waals surface area contributed by atoms with Crippen molar-refractivity contribution in [3.8, 4) is 0 Å². The molecule has 3 aromatic heterocycles. The number of nitrogens with zero attached hydrogens (tertiary/aromatic N) is 6. The minimum Gasteiger partial charge on any atom is -0.449 e. The highest BCUT2D eigenvalue weighted by atomic mass is 16.6. The molecular weight excluding hydrogens is 510 g/mol. The van der Waals surface area contributed by atoms with Gasteiger partial charge in [-0.05, 0) is 50.3 Å². The zero-order valence-electron chi connectivity index (χ0n) is 23.6. The fraction of sp³-hybridized carbons (Fsp3) is 0.517. The first kappa shape index (κ1) is 27.5. The Labute approximate surface area is 233 Å². The predicted molar refractivity (Wildman–Crippen MR) is 154 cm³/mol. The van der Waals surface area contributed by atoms with Gasteiger partial charge in [-0.15, -0.1) is 0 Å². The Morgan fingerprint density at radius 1 is 1.07 bits per heavy atom. The van der Waals surface area contributed by atoms with Crippen molar-refractivity contribution in [3.05, 3.63) is 46.0 Å². The van der Waals surface area contributed by atoms with E-state index in [2.05, 4.69) is 20.2 Å². The number of aromatic nitrogens is 4. The van der Waals surface area contributed by atoms with Gasteiger partial charge < -0.3 is 19.9 Å². The highest BCUT2D eigenvalue weighted by Gasteiger charge is 2.26. The monoisotopic (exact) mass is 547 g/mol. The Morgan fingerprint density at radius 2 is 1.80 bits per heavy atom. The van der Waals surface area contributed by atoms with Crippen LogP contribution in [-0.2, 0) is 4.74 Å². The van der Waals surface area contributed by atoms with Crippen LogP contribution >= 0.6 is 0 Å². The second-order valence-corrected chi connectivity index (χ2v) is 11.1. The number of rotatable bonds is 7. The molecule has 11 nitrogen and oxygen atoms in total. The van der Waals surface area contributed by atoms with Crippen LogP contribution in [0.1, 0.15) is 68.4 Å². The topological polar surface area (TPSA) is 123 Å². The molecule has 5 rings (SSSR count). The second kappa shape index (κ2) is 11.6. The van der Waals surface area contributed by atoms with E-state index < -0.39 is 0 Å². The molecule has 2 aliphatic rings. The fourth-order valence-corrected chi connectivity index (χ4v) is 5.55. The van der Waals surface area contributed by atoms with Crippen molar-refractivity contribution in [1.82, 2.24) is 24.4 Å². The smallest absolute Gasteiger partial charge is 0.409 e. The number of amides is 1. The number of fused-ring (bicyclic) bond motifs is 1. The second-order valence-electron chi connectivity index (χ2n) is 11.1. The van der Waals surface area contributed by atoms with Gasteiger partial charge in [-0.2, -0.15) is 4.98 Å². The highest BCUT2D eigenvalue weighted by molar-refractivity contribution is 5.99. The number of Topliss-reactive ketones (excluding diaryl/α,β-unsaturated/α-hetero) is 1. The third kappa shape index (κ3) is 5.64. The standard InChI is InChI=1S/C29H37N7O4/c1-18(2)17-40-29(39)35-13-11-34(12-14-35)22-9-10-24(30-15-22)32-28-31-16-23-19(3)25(20(4)37)27(38)36(26(23)33-28)21-7-5-6-8-21/h9-10,15-16,18,21H,5-8,11-14,17H2,1-4H3,(H,30,31,32,33). The van der Waals surface area contributed by atoms with E-state index in [-0.39, 0.29) is 29.0 Å². The minimum atomic E-state index is -0.273. The summed E-state index contributed by atoms with van der Waals surface area (Å²) in [6.45, 7) is 10.3. The van der Waals surface area contributed by atoms with Crippen molar-refractivity contribution in [2.45, 2.75) is 59.4 Å². The third-order valence-corrected chi connectivity index (χ3v) is 7.68. The van der Waals surface area contributed by atoms with Crippen molar-refractivity contribution >= 4 is 40.4 Å². The van der Waals surface area contributed by atoms with Crippen LogP contribution in [0.5, 0.6) is 0 Å². The molecule has 1 saturated carbocycles. The quantitative estimate of drug-likeness (QED) is 0.427. The van der Waals surface area contributed by atoms with E-state index in [0.717, 1.165) is 31.4 Å². The highest BCUT2D eigenvalue weighted by Crippen LogP contribution is 2.32. The van der Waals surface area contributed by atoms with Gasteiger partial charge in [-0.1, -0.05) is 26.7 Å². The number of aryl methyl sites for hydroxylation is 1. The molecule has 1 aliphatic carbocycles. The average Bonchev–Trinajstić information content (AvgIpc) is 3.46. The molecule has 1 aliphatic heterocycles. The van der Waals surface area contributed by atoms with Crippen molar-refractivity contribution in [2.75, 3.05) is 43.0 Å². The number of nitrogens with one attached hydrogen (secondary N) is 1. The van der Waals surface area contributed by atoms with E-state index in [9.17, 15) is 14.4 Å². The minimum absolute atomic E-state index is 0.0198. The van der Waals surface area contributed by atoms with Gasteiger partial charge in [0.2, 0.25) is 5.95 Å². The van der Waals surface area contributed by atoms with Crippen molar-refractivity contribution in [2.24, 2.45) is 5.92 Å². The van der Waals surface area contributed by atoms with E-state index in [4.69, 9.17) is 9.72 Å². The maximum atomic E-state index is 13.4. The fourth-order valence-electron chi connectivity index (χ4n) is 5.55. The van der Waals surface area contributed by atoms with Gasteiger partial charge in [-0.25, -0.2) is 14.8 Å². The number of anilines is 3. The Hall–Kier alpha value is -4.02. The van der Waals surface area contributed by atoms with Crippen LogP contribution in [0.3, 0.4) is 0 Å². The lowest BCUT2D eigenvalue weighted by Gasteiger charge is -2.35. The molecule has 1 saturated heterocycles. The Balaban J connectivity index is 1.32. The Kier molecular flexibility index (Phi) is 7.99. The third-order valence-electron chi connectivity index (χ3n) is 7.68. The molecule has 40 heavy (non-hydrogen) atoms. The number of ketones is 1. The predicted octanol–water partition coefficient (Wildman–Crippen LogP) is 4.47. The molecule has 11 heteroatoms. The Bertz CT molecular complexity index is 1450. The molecule has 0 spiro atoms. The molecule has 4 heterocycles. The van der Waals surface area contributed by atoms with Gasteiger partial charge in [0.1, 0.15) is 11.5 Å². The molecule has 3 aromatic rings. The van der Waals surface area contributed by atoms with Gasteiger partial charge in [0.25, 0.3) is 5.56 Å². The van der Waals surface area contributed by atoms with Gasteiger partial charge in [-0.3, -0.25) is 14.2 Å². The maximum absolute atomic E-state index is 13.4. The summed E-state index contributed by atoms with van der Waals surface area (Å²) in [5.41, 5.74) is 2.06. The molecule has 0 aromatic carbocycles. The summed E-state index contributed by atoms with van der Waals surface area (Å²) in [6, 6.07) is 3.85. The first-order valence-electron chi connectivity index (χ1n) is 14.1. The largest absolute Gasteiger partial charge is 0.449 e.